The molecule has 1 fully saturated rings. The zero-order chi connectivity index (χ0) is 8.81. The maximum absolute atomic E-state index is 9.09. The van der Waals surface area contributed by atoms with Gasteiger partial charge < -0.3 is 5.11 Å². The summed E-state index contributed by atoms with van der Waals surface area (Å²) in [5.41, 5.74) is 0. The van der Waals surface area contributed by atoms with Gasteiger partial charge in [-0.3, -0.25) is 4.90 Å². The van der Waals surface area contributed by atoms with Gasteiger partial charge in [-0.1, -0.05) is 12.5 Å². The zero-order valence-corrected chi connectivity index (χ0v) is 7.71. The molecule has 2 nitrogen and oxygen atoms in total. The van der Waals surface area contributed by atoms with Crippen LogP contribution < -0.4 is 0 Å². The van der Waals surface area contributed by atoms with Crippen LogP contribution >= 0.6 is 0 Å². The van der Waals surface area contributed by atoms with Gasteiger partial charge in [0.2, 0.25) is 0 Å². The molecule has 1 aliphatic rings. The van der Waals surface area contributed by atoms with Crippen molar-refractivity contribution in [3.05, 3.63) is 12.7 Å². The van der Waals surface area contributed by atoms with E-state index < -0.39 is 0 Å². The monoisotopic (exact) mass is 169 g/mol. The third-order valence-electron chi connectivity index (χ3n) is 2.58. The number of aliphatic hydroxyl groups is 1. The van der Waals surface area contributed by atoms with E-state index in [4.69, 9.17) is 5.11 Å². The van der Waals surface area contributed by atoms with Gasteiger partial charge in [0.1, 0.15) is 0 Å². The topological polar surface area (TPSA) is 23.5 Å². The molecule has 0 spiro atoms. The average molecular weight is 169 g/mol. The quantitative estimate of drug-likeness (QED) is 0.643. The van der Waals surface area contributed by atoms with Crippen LogP contribution in [0.15, 0.2) is 12.7 Å². The molecular weight excluding hydrogens is 150 g/mol. The zero-order valence-electron chi connectivity index (χ0n) is 7.71. The Hall–Kier alpha value is -0.340. The van der Waals surface area contributed by atoms with E-state index in [-0.39, 0.29) is 0 Å². The van der Waals surface area contributed by atoms with Crippen LogP contribution in [0.4, 0.5) is 0 Å². The van der Waals surface area contributed by atoms with Gasteiger partial charge in [-0.15, -0.1) is 6.58 Å². The van der Waals surface area contributed by atoms with Gasteiger partial charge in [0.25, 0.3) is 0 Å². The van der Waals surface area contributed by atoms with Crippen molar-refractivity contribution >= 4 is 0 Å². The van der Waals surface area contributed by atoms with E-state index in [1.54, 1.807) is 0 Å². The molecule has 1 heterocycles. The summed E-state index contributed by atoms with van der Waals surface area (Å²) in [4.78, 5) is 2.38. The summed E-state index contributed by atoms with van der Waals surface area (Å²) in [6, 6.07) is 0.415. The average Bonchev–Trinajstić information content (AvgIpc) is 2.15. The Morgan fingerprint density at radius 2 is 2.33 bits per heavy atom. The second-order valence-electron chi connectivity index (χ2n) is 3.45. The van der Waals surface area contributed by atoms with Crippen LogP contribution in [0, 0.1) is 0 Å². The minimum absolute atomic E-state index is 0.317. The summed E-state index contributed by atoms with van der Waals surface area (Å²) in [5, 5.41) is 9.09. The van der Waals surface area contributed by atoms with Crippen LogP contribution in [0.25, 0.3) is 0 Å². The highest BCUT2D eigenvalue weighted by Crippen LogP contribution is 2.16. The fraction of sp³-hybridized carbons (Fsp3) is 0.800. The largest absolute Gasteiger partial charge is 0.395 e. The summed E-state index contributed by atoms with van der Waals surface area (Å²) < 4.78 is 0. The molecule has 0 aromatic rings. The number of rotatable bonds is 4. The van der Waals surface area contributed by atoms with E-state index in [9.17, 15) is 0 Å². The first kappa shape index (κ1) is 9.75. The van der Waals surface area contributed by atoms with Crippen molar-refractivity contribution in [2.75, 3.05) is 19.7 Å². The van der Waals surface area contributed by atoms with E-state index >= 15 is 0 Å². The highest BCUT2D eigenvalue weighted by atomic mass is 16.3. The molecule has 1 N–H and O–H groups in total. The van der Waals surface area contributed by atoms with Crippen LogP contribution in [0.5, 0.6) is 0 Å². The van der Waals surface area contributed by atoms with Gasteiger partial charge in [0.15, 0.2) is 0 Å². The van der Waals surface area contributed by atoms with E-state index in [0.717, 1.165) is 25.9 Å². The summed E-state index contributed by atoms with van der Waals surface area (Å²) in [6.45, 7) is 6.24. The first-order chi connectivity index (χ1) is 5.88. The van der Waals surface area contributed by atoms with Gasteiger partial charge >= 0.3 is 0 Å². The van der Waals surface area contributed by atoms with Crippen LogP contribution in [-0.4, -0.2) is 35.7 Å². The summed E-state index contributed by atoms with van der Waals surface area (Å²) in [6.07, 6.45) is 6.71. The molecule has 0 bridgehead atoms. The molecular formula is C10H19NO. The second kappa shape index (κ2) is 5.33. The van der Waals surface area contributed by atoms with Crippen molar-refractivity contribution in [3.63, 3.8) is 0 Å². The SMILES string of the molecule is C=CCCN1CCCCC1CO. The standard InChI is InChI=1S/C10H19NO/c1-2-3-7-11-8-5-4-6-10(11)9-12/h2,10,12H,1,3-9H2. The van der Waals surface area contributed by atoms with Crippen molar-refractivity contribution in [2.45, 2.75) is 31.7 Å². The predicted molar refractivity (Wildman–Crippen MR) is 51.1 cm³/mol. The van der Waals surface area contributed by atoms with Crippen LogP contribution in [0.2, 0.25) is 0 Å². The Morgan fingerprint density at radius 1 is 1.50 bits per heavy atom. The lowest BCUT2D eigenvalue weighted by Crippen LogP contribution is -2.42. The Balaban J connectivity index is 2.30. The van der Waals surface area contributed by atoms with Crippen molar-refractivity contribution in [3.8, 4) is 0 Å². The molecule has 0 aromatic heterocycles. The summed E-state index contributed by atoms with van der Waals surface area (Å²) >= 11 is 0. The van der Waals surface area contributed by atoms with E-state index in [1.807, 2.05) is 6.08 Å². The molecule has 12 heavy (non-hydrogen) atoms. The fourth-order valence-electron chi connectivity index (χ4n) is 1.82. The van der Waals surface area contributed by atoms with Crippen molar-refractivity contribution in [1.82, 2.24) is 4.90 Å². The molecule has 1 unspecified atom stereocenters. The molecule has 0 amide bonds. The van der Waals surface area contributed by atoms with E-state index in [0.29, 0.717) is 12.6 Å². The molecule has 0 radical (unpaired) electrons. The Morgan fingerprint density at radius 3 is 3.00 bits per heavy atom. The Bertz CT molecular complexity index is 136. The second-order valence-corrected chi connectivity index (χ2v) is 3.45. The highest BCUT2D eigenvalue weighted by Gasteiger charge is 2.20. The number of hydrogen-bond acceptors (Lipinski definition) is 2. The van der Waals surface area contributed by atoms with Crippen molar-refractivity contribution < 1.29 is 5.11 Å². The number of likely N-dealkylation sites (tertiary alicyclic amines) is 1. The third-order valence-corrected chi connectivity index (χ3v) is 2.58. The Kier molecular flexibility index (Phi) is 4.33. The lowest BCUT2D eigenvalue weighted by Gasteiger charge is -2.34. The molecule has 1 aliphatic heterocycles. The highest BCUT2D eigenvalue weighted by molar-refractivity contribution is 4.78. The third kappa shape index (κ3) is 2.61. The van der Waals surface area contributed by atoms with Crippen molar-refractivity contribution in [1.29, 1.82) is 0 Å². The molecule has 0 aliphatic carbocycles. The number of piperidine rings is 1. The van der Waals surface area contributed by atoms with Gasteiger partial charge in [0.05, 0.1) is 6.61 Å². The fourth-order valence-corrected chi connectivity index (χ4v) is 1.82. The predicted octanol–water partition coefficient (Wildman–Crippen LogP) is 1.41. The Labute approximate surface area is 74.9 Å². The summed E-state index contributed by atoms with van der Waals surface area (Å²) in [5.74, 6) is 0. The maximum atomic E-state index is 9.09. The van der Waals surface area contributed by atoms with Gasteiger partial charge in [-0.2, -0.15) is 0 Å². The minimum Gasteiger partial charge on any atom is -0.395 e. The first-order valence-electron chi connectivity index (χ1n) is 4.84. The van der Waals surface area contributed by atoms with E-state index in [1.165, 1.54) is 12.8 Å². The van der Waals surface area contributed by atoms with Crippen LogP contribution in [0.1, 0.15) is 25.7 Å². The molecule has 0 aromatic carbocycles. The molecule has 1 rings (SSSR count). The first-order valence-corrected chi connectivity index (χ1v) is 4.84. The molecule has 2 heteroatoms. The van der Waals surface area contributed by atoms with E-state index in [2.05, 4.69) is 11.5 Å². The molecule has 1 atom stereocenters. The molecule has 70 valence electrons. The van der Waals surface area contributed by atoms with Gasteiger partial charge in [-0.25, -0.2) is 0 Å². The normalized spacial score (nSPS) is 25.6. The number of aliphatic hydroxyl groups excluding tert-OH is 1. The lowest BCUT2D eigenvalue weighted by molar-refractivity contribution is 0.0919. The molecule has 1 saturated heterocycles. The summed E-state index contributed by atoms with van der Waals surface area (Å²) in [7, 11) is 0. The smallest absolute Gasteiger partial charge is 0.0586 e. The lowest BCUT2D eigenvalue weighted by atomic mass is 10.0. The minimum atomic E-state index is 0.317. The van der Waals surface area contributed by atoms with Gasteiger partial charge in [0, 0.05) is 12.6 Å². The van der Waals surface area contributed by atoms with Gasteiger partial charge in [-0.05, 0) is 25.8 Å². The van der Waals surface area contributed by atoms with Crippen LogP contribution in [-0.2, 0) is 0 Å². The molecule has 0 saturated carbocycles. The maximum Gasteiger partial charge on any atom is 0.0586 e. The number of nitrogens with zero attached hydrogens (tertiary/aromatic N) is 1. The van der Waals surface area contributed by atoms with Crippen LogP contribution in [0.3, 0.4) is 0 Å². The number of hydrogen-bond donors (Lipinski definition) is 1. The van der Waals surface area contributed by atoms with Crippen molar-refractivity contribution in [2.24, 2.45) is 0 Å².